The van der Waals surface area contributed by atoms with Crippen molar-refractivity contribution in [3.8, 4) is 0 Å². The van der Waals surface area contributed by atoms with E-state index in [0.717, 1.165) is 28.6 Å². The molecule has 0 spiro atoms. The zero-order valence-electron chi connectivity index (χ0n) is 15.0. The van der Waals surface area contributed by atoms with Crippen LogP contribution in [0.2, 0.25) is 0 Å². The lowest BCUT2D eigenvalue weighted by atomic mass is 10.1. The van der Waals surface area contributed by atoms with Crippen molar-refractivity contribution in [2.24, 2.45) is 0 Å². The van der Waals surface area contributed by atoms with Crippen LogP contribution in [0.15, 0.2) is 53.6 Å². The Morgan fingerprint density at radius 1 is 1.27 bits per heavy atom. The Morgan fingerprint density at radius 2 is 2.12 bits per heavy atom. The second kappa shape index (κ2) is 8.10. The number of aryl methyl sites for hydroxylation is 1. The number of hydrogen-bond donors (Lipinski definition) is 2. The first-order valence-electron chi connectivity index (χ1n) is 8.61. The monoisotopic (exact) mass is 366 g/mol. The van der Waals surface area contributed by atoms with E-state index in [-0.39, 0.29) is 5.56 Å². The number of rotatable bonds is 5. The molecule has 1 aromatic carbocycles. The summed E-state index contributed by atoms with van der Waals surface area (Å²) in [5.41, 5.74) is 3.59. The van der Waals surface area contributed by atoms with E-state index >= 15 is 0 Å². The van der Waals surface area contributed by atoms with Gasteiger partial charge in [0.05, 0.1) is 12.1 Å². The van der Waals surface area contributed by atoms with Gasteiger partial charge in [0.2, 0.25) is 0 Å². The Kier molecular flexibility index (Phi) is 5.63. The van der Waals surface area contributed by atoms with Crippen molar-refractivity contribution in [2.45, 2.75) is 26.9 Å². The molecule has 3 rings (SSSR count). The predicted octanol–water partition coefficient (Wildman–Crippen LogP) is 3.13. The highest BCUT2D eigenvalue weighted by Gasteiger charge is 2.14. The summed E-state index contributed by atoms with van der Waals surface area (Å²) in [7, 11) is 0. The Balaban J connectivity index is 1.93. The molecule has 5 nitrogen and oxygen atoms in total. The first-order chi connectivity index (χ1) is 12.6. The Labute approximate surface area is 158 Å². The van der Waals surface area contributed by atoms with Crippen LogP contribution in [0.4, 0.5) is 0 Å². The predicted molar refractivity (Wildman–Crippen MR) is 109 cm³/mol. The summed E-state index contributed by atoms with van der Waals surface area (Å²) >= 11 is 5.51. The standard InChI is InChI=1S/C20H22N4OS/c1-3-22-20(26)24(12-15-7-5-9-21-11-15)13-17-10-16-8-4-6-14(2)18(16)23-19(17)25/h4-11H,3,12-13H2,1-2H3,(H,22,26)(H,23,25). The maximum atomic E-state index is 12.6. The van der Waals surface area contributed by atoms with Crippen molar-refractivity contribution in [2.75, 3.05) is 6.54 Å². The smallest absolute Gasteiger partial charge is 0.253 e. The molecule has 26 heavy (non-hydrogen) atoms. The SMILES string of the molecule is CCNC(=S)N(Cc1cccnc1)Cc1cc2cccc(C)c2[nH]c1=O. The zero-order valence-corrected chi connectivity index (χ0v) is 15.8. The van der Waals surface area contributed by atoms with Crippen molar-refractivity contribution in [1.29, 1.82) is 0 Å². The topological polar surface area (TPSA) is 61.0 Å². The Bertz CT molecular complexity index is 968. The number of fused-ring (bicyclic) bond motifs is 1. The first kappa shape index (κ1) is 18.1. The number of pyridine rings is 2. The molecule has 3 aromatic rings. The summed E-state index contributed by atoms with van der Waals surface area (Å²) in [6.07, 6.45) is 3.56. The number of H-pyrrole nitrogens is 1. The van der Waals surface area contributed by atoms with Crippen molar-refractivity contribution in [3.63, 3.8) is 0 Å². The minimum atomic E-state index is -0.0812. The van der Waals surface area contributed by atoms with E-state index in [1.165, 1.54) is 0 Å². The highest BCUT2D eigenvalue weighted by atomic mass is 32.1. The highest BCUT2D eigenvalue weighted by Crippen LogP contribution is 2.16. The summed E-state index contributed by atoms with van der Waals surface area (Å²) in [5.74, 6) is 0. The van der Waals surface area contributed by atoms with Crippen LogP contribution in [0, 0.1) is 6.92 Å². The summed E-state index contributed by atoms with van der Waals surface area (Å²) < 4.78 is 0. The van der Waals surface area contributed by atoms with Gasteiger partial charge in [0, 0.05) is 31.0 Å². The van der Waals surface area contributed by atoms with E-state index in [0.29, 0.717) is 23.8 Å². The maximum absolute atomic E-state index is 12.6. The van der Waals surface area contributed by atoms with Gasteiger partial charge in [-0.15, -0.1) is 0 Å². The number of nitrogens with zero attached hydrogens (tertiary/aromatic N) is 2. The molecule has 134 valence electrons. The fraction of sp³-hybridized carbons (Fsp3) is 0.250. The fourth-order valence-electron chi connectivity index (χ4n) is 2.93. The molecule has 0 aliphatic carbocycles. The summed E-state index contributed by atoms with van der Waals surface area (Å²) in [4.78, 5) is 21.8. The van der Waals surface area contributed by atoms with Crippen LogP contribution in [-0.4, -0.2) is 26.5 Å². The molecule has 0 amide bonds. The minimum absolute atomic E-state index is 0.0812. The van der Waals surface area contributed by atoms with Gasteiger partial charge in [0.15, 0.2) is 5.11 Å². The van der Waals surface area contributed by atoms with E-state index < -0.39 is 0 Å². The molecule has 0 saturated carbocycles. The molecule has 0 fully saturated rings. The summed E-state index contributed by atoms with van der Waals surface area (Å²) in [6.45, 7) is 5.74. The van der Waals surface area contributed by atoms with Gasteiger partial charge in [0.25, 0.3) is 5.56 Å². The first-order valence-corrected chi connectivity index (χ1v) is 9.02. The lowest BCUT2D eigenvalue weighted by molar-refractivity contribution is 0.398. The van der Waals surface area contributed by atoms with Crippen LogP contribution < -0.4 is 10.9 Å². The molecule has 2 N–H and O–H groups in total. The normalized spacial score (nSPS) is 10.7. The van der Waals surface area contributed by atoms with Gasteiger partial charge in [-0.25, -0.2) is 0 Å². The average Bonchev–Trinajstić information content (AvgIpc) is 2.63. The molecule has 2 aromatic heterocycles. The van der Waals surface area contributed by atoms with E-state index in [1.54, 1.807) is 6.20 Å². The third-order valence-electron chi connectivity index (χ3n) is 4.24. The number of benzene rings is 1. The largest absolute Gasteiger partial charge is 0.363 e. The minimum Gasteiger partial charge on any atom is -0.363 e. The van der Waals surface area contributed by atoms with Gasteiger partial charge in [0.1, 0.15) is 0 Å². The number of aromatic amines is 1. The number of hydrogen-bond acceptors (Lipinski definition) is 3. The second-order valence-electron chi connectivity index (χ2n) is 6.22. The molecule has 0 aliphatic rings. The van der Waals surface area contributed by atoms with Gasteiger partial charge in [-0.2, -0.15) is 0 Å². The highest BCUT2D eigenvalue weighted by molar-refractivity contribution is 7.80. The molecular formula is C20H22N4OS. The van der Waals surface area contributed by atoms with Crippen molar-refractivity contribution >= 4 is 28.2 Å². The van der Waals surface area contributed by atoms with Crippen LogP contribution in [0.25, 0.3) is 10.9 Å². The number of aromatic nitrogens is 2. The third kappa shape index (κ3) is 4.08. The van der Waals surface area contributed by atoms with E-state index in [4.69, 9.17) is 12.2 Å². The van der Waals surface area contributed by atoms with Gasteiger partial charge in [-0.1, -0.05) is 24.3 Å². The third-order valence-corrected chi connectivity index (χ3v) is 4.64. The molecule has 0 aliphatic heterocycles. The number of thiocarbonyl (C=S) groups is 1. The van der Waals surface area contributed by atoms with E-state index in [1.807, 2.05) is 61.3 Å². The van der Waals surface area contributed by atoms with Crippen LogP contribution in [-0.2, 0) is 13.1 Å². The second-order valence-corrected chi connectivity index (χ2v) is 6.60. The van der Waals surface area contributed by atoms with Crippen LogP contribution >= 0.6 is 12.2 Å². The summed E-state index contributed by atoms with van der Waals surface area (Å²) in [5, 5.41) is 4.83. The van der Waals surface area contributed by atoms with Gasteiger partial charge < -0.3 is 15.2 Å². The molecule has 0 radical (unpaired) electrons. The van der Waals surface area contributed by atoms with Crippen molar-refractivity contribution in [1.82, 2.24) is 20.2 Å². The quantitative estimate of drug-likeness (QED) is 0.680. The van der Waals surface area contributed by atoms with Crippen LogP contribution in [0.1, 0.15) is 23.6 Å². The molecular weight excluding hydrogens is 344 g/mol. The molecule has 0 bridgehead atoms. The average molecular weight is 366 g/mol. The lowest BCUT2D eigenvalue weighted by Crippen LogP contribution is -2.39. The van der Waals surface area contributed by atoms with Crippen LogP contribution in [0.5, 0.6) is 0 Å². The molecule has 6 heteroatoms. The van der Waals surface area contributed by atoms with Gasteiger partial charge in [-0.05, 0) is 54.7 Å². The van der Waals surface area contributed by atoms with Crippen LogP contribution in [0.3, 0.4) is 0 Å². The van der Waals surface area contributed by atoms with Crippen molar-refractivity contribution in [3.05, 3.63) is 75.8 Å². The Hall–Kier alpha value is -2.73. The van der Waals surface area contributed by atoms with E-state index in [2.05, 4.69) is 15.3 Å². The van der Waals surface area contributed by atoms with Crippen molar-refractivity contribution < 1.29 is 0 Å². The molecule has 0 atom stereocenters. The fourth-order valence-corrected chi connectivity index (χ4v) is 3.20. The Morgan fingerprint density at radius 3 is 2.85 bits per heavy atom. The maximum Gasteiger partial charge on any atom is 0.253 e. The van der Waals surface area contributed by atoms with Gasteiger partial charge >= 0.3 is 0 Å². The molecule has 2 heterocycles. The lowest BCUT2D eigenvalue weighted by Gasteiger charge is -2.25. The van der Waals surface area contributed by atoms with Gasteiger partial charge in [-0.3, -0.25) is 9.78 Å². The van der Waals surface area contributed by atoms with E-state index in [9.17, 15) is 4.79 Å². The number of para-hydroxylation sites is 1. The number of nitrogens with one attached hydrogen (secondary N) is 2. The molecule has 0 unspecified atom stereocenters. The summed E-state index contributed by atoms with van der Waals surface area (Å²) in [6, 6.07) is 11.9. The zero-order chi connectivity index (χ0) is 18.5. The molecule has 0 saturated heterocycles.